The number of nitro groups is 1. The molecule has 0 saturated heterocycles. The van der Waals surface area contributed by atoms with E-state index in [1.54, 1.807) is 0 Å². The number of hydrogen-bond acceptors (Lipinski definition) is 6. The molecule has 18 heavy (non-hydrogen) atoms. The number of fused-ring (bicyclic) bond motifs is 7. The van der Waals surface area contributed by atoms with Crippen molar-refractivity contribution in [3.05, 3.63) is 33.2 Å². The van der Waals surface area contributed by atoms with Crippen LogP contribution in [0, 0.1) is 27.2 Å². The summed E-state index contributed by atoms with van der Waals surface area (Å²) in [7, 11) is 0. The first kappa shape index (κ1) is 9.75. The van der Waals surface area contributed by atoms with E-state index in [2.05, 4.69) is 14.8 Å². The lowest BCUT2D eigenvalue weighted by atomic mass is 9.74. The van der Waals surface area contributed by atoms with Gasteiger partial charge in [0.05, 0.1) is 17.3 Å². The van der Waals surface area contributed by atoms with Crippen LogP contribution in [0.5, 0.6) is 0 Å². The summed E-state index contributed by atoms with van der Waals surface area (Å²) in [5.74, 6) is -0.605. The minimum absolute atomic E-state index is 0.0227. The normalized spacial score (nSPS) is 38.8. The van der Waals surface area contributed by atoms with E-state index in [0.29, 0.717) is 6.42 Å². The zero-order valence-corrected chi connectivity index (χ0v) is 9.09. The Hall–Kier alpha value is -2.25. The van der Waals surface area contributed by atoms with Gasteiger partial charge in [-0.15, -0.1) is 0 Å². The summed E-state index contributed by atoms with van der Waals surface area (Å²) < 4.78 is 4.51. The van der Waals surface area contributed by atoms with Crippen molar-refractivity contribution in [1.29, 1.82) is 0 Å². The lowest BCUT2D eigenvalue weighted by molar-refractivity contribution is -0.810. The maximum Gasteiger partial charge on any atom is 0.336 e. The highest BCUT2D eigenvalue weighted by Gasteiger charge is 2.69. The molecule has 8 nitrogen and oxygen atoms in total. The minimum atomic E-state index is -1.32. The minimum Gasteiger partial charge on any atom is -0.359 e. The van der Waals surface area contributed by atoms with Gasteiger partial charge in [-0.3, -0.25) is 14.7 Å². The number of allylic oxidation sites excluding steroid dienone is 1. The van der Waals surface area contributed by atoms with Crippen LogP contribution in [0.15, 0.2) is 21.8 Å². The van der Waals surface area contributed by atoms with Gasteiger partial charge in [0.2, 0.25) is 5.69 Å². The third kappa shape index (κ3) is 0.835. The highest BCUT2D eigenvalue weighted by Crippen LogP contribution is 2.58. The Morgan fingerprint density at radius 2 is 2.39 bits per heavy atom. The van der Waals surface area contributed by atoms with Gasteiger partial charge in [-0.2, -0.15) is 0 Å². The van der Waals surface area contributed by atoms with Crippen LogP contribution < -0.4 is 4.90 Å². The molecule has 2 aliphatic carbocycles. The molecule has 0 radical (unpaired) electrons. The maximum atomic E-state index is 11.6. The fourth-order valence-electron chi connectivity index (χ4n) is 3.54. The topological polar surface area (TPSA) is 108 Å². The Kier molecular flexibility index (Phi) is 1.50. The van der Waals surface area contributed by atoms with Crippen LogP contribution >= 0.6 is 0 Å². The second-order valence-corrected chi connectivity index (χ2v) is 4.91. The van der Waals surface area contributed by atoms with Crippen molar-refractivity contribution in [2.45, 2.75) is 17.9 Å². The molecule has 1 saturated carbocycles. The second kappa shape index (κ2) is 2.77. The van der Waals surface area contributed by atoms with Gasteiger partial charge in [0.15, 0.2) is 0 Å². The number of rotatable bonds is 1. The zero-order valence-electron chi connectivity index (χ0n) is 9.09. The van der Waals surface area contributed by atoms with Crippen LogP contribution in [0.3, 0.4) is 0 Å². The highest BCUT2D eigenvalue weighted by atomic mass is 16.8. The predicted molar refractivity (Wildman–Crippen MR) is 56.8 cm³/mol. The molecule has 0 aromatic carbocycles. The summed E-state index contributed by atoms with van der Waals surface area (Å²) in [5, 5.41) is 26.6. The van der Waals surface area contributed by atoms with E-state index in [1.807, 2.05) is 12.2 Å². The maximum absolute atomic E-state index is 11.6. The summed E-state index contributed by atoms with van der Waals surface area (Å²) in [6, 6.07) is 0. The van der Waals surface area contributed by atoms with Gasteiger partial charge >= 0.3 is 5.82 Å². The van der Waals surface area contributed by atoms with Crippen molar-refractivity contribution in [3.8, 4) is 0 Å². The van der Waals surface area contributed by atoms with Crippen molar-refractivity contribution in [1.82, 2.24) is 5.16 Å². The first-order chi connectivity index (χ1) is 8.64. The molecule has 2 heterocycles. The van der Waals surface area contributed by atoms with Crippen LogP contribution in [0.4, 0.5) is 5.82 Å². The van der Waals surface area contributed by atoms with Gasteiger partial charge in [-0.1, -0.05) is 12.2 Å². The van der Waals surface area contributed by atoms with E-state index in [0.717, 1.165) is 0 Å². The van der Waals surface area contributed by atoms with Crippen molar-refractivity contribution in [3.63, 3.8) is 0 Å². The number of aliphatic imine (C=N–C) groups is 1. The Morgan fingerprint density at radius 1 is 1.56 bits per heavy atom. The lowest BCUT2D eigenvalue weighted by Crippen LogP contribution is -2.53. The molecule has 0 N–H and O–H groups in total. The predicted octanol–water partition coefficient (Wildman–Crippen LogP) is 0.329. The molecule has 1 fully saturated rings. The first-order valence-corrected chi connectivity index (χ1v) is 5.62. The third-order valence-corrected chi connectivity index (χ3v) is 4.27. The SMILES string of the molecule is O=[N+]([O-])[C@]12C=Nc3no[n+]([O-])c3[C@H]1[C@H]1C=C[C@@H]2C1. The zero-order chi connectivity index (χ0) is 12.5. The highest BCUT2D eigenvalue weighted by molar-refractivity contribution is 5.79. The Bertz CT molecular complexity index is 621. The Labute approximate surface area is 100 Å². The molecule has 8 heteroatoms. The van der Waals surface area contributed by atoms with E-state index in [9.17, 15) is 15.3 Å². The first-order valence-electron chi connectivity index (χ1n) is 5.62. The van der Waals surface area contributed by atoms with Crippen molar-refractivity contribution in [2.75, 3.05) is 0 Å². The molecule has 1 aromatic heterocycles. The van der Waals surface area contributed by atoms with E-state index in [4.69, 9.17) is 0 Å². The summed E-state index contributed by atoms with van der Waals surface area (Å²) in [6.45, 7) is 0. The Balaban J connectivity index is 2.01. The molecular weight excluding hydrogens is 240 g/mol. The molecule has 0 unspecified atom stereocenters. The van der Waals surface area contributed by atoms with Crippen LogP contribution in [0.25, 0.3) is 0 Å². The largest absolute Gasteiger partial charge is 0.359 e. The molecule has 1 aromatic rings. The van der Waals surface area contributed by atoms with Crippen LogP contribution in [0.2, 0.25) is 0 Å². The Morgan fingerprint density at radius 3 is 3.17 bits per heavy atom. The van der Waals surface area contributed by atoms with Crippen molar-refractivity contribution in [2.24, 2.45) is 16.8 Å². The quantitative estimate of drug-likeness (QED) is 0.308. The van der Waals surface area contributed by atoms with Crippen molar-refractivity contribution >= 4 is 12.0 Å². The molecular formula is C10H8N4O4. The molecule has 3 aliphatic rings. The van der Waals surface area contributed by atoms with Gasteiger partial charge in [-0.25, -0.2) is 4.99 Å². The summed E-state index contributed by atoms with van der Waals surface area (Å²) in [4.78, 5) is 15.4. The number of hydrogen-bond donors (Lipinski definition) is 0. The third-order valence-electron chi connectivity index (χ3n) is 4.27. The lowest BCUT2D eigenvalue weighted by Gasteiger charge is -2.30. The smallest absolute Gasteiger partial charge is 0.336 e. The van der Waals surface area contributed by atoms with E-state index in [1.165, 1.54) is 6.21 Å². The summed E-state index contributed by atoms with van der Waals surface area (Å²) >= 11 is 0. The molecule has 92 valence electrons. The summed E-state index contributed by atoms with van der Waals surface area (Å²) in [5.41, 5.74) is -1.13. The van der Waals surface area contributed by atoms with Crippen LogP contribution in [-0.4, -0.2) is 21.8 Å². The van der Waals surface area contributed by atoms with Gasteiger partial charge in [0, 0.05) is 4.92 Å². The average Bonchev–Trinajstić information content (AvgIpc) is 3.02. The molecule has 1 aliphatic heterocycles. The molecule has 4 atom stereocenters. The fourth-order valence-corrected chi connectivity index (χ4v) is 3.54. The van der Waals surface area contributed by atoms with Gasteiger partial charge in [0.1, 0.15) is 5.92 Å². The van der Waals surface area contributed by atoms with E-state index >= 15 is 0 Å². The second-order valence-electron chi connectivity index (χ2n) is 4.91. The van der Waals surface area contributed by atoms with Crippen LogP contribution in [-0.2, 0) is 0 Å². The van der Waals surface area contributed by atoms with Gasteiger partial charge < -0.3 is 5.21 Å². The molecule has 0 spiro atoms. The van der Waals surface area contributed by atoms with E-state index in [-0.39, 0.29) is 33.2 Å². The number of nitrogens with zero attached hydrogens (tertiary/aromatic N) is 4. The van der Waals surface area contributed by atoms with Gasteiger partial charge in [0.25, 0.3) is 5.54 Å². The summed E-state index contributed by atoms with van der Waals surface area (Å²) in [6.07, 6.45) is 5.79. The van der Waals surface area contributed by atoms with Crippen molar-refractivity contribution < 1.29 is 14.5 Å². The monoisotopic (exact) mass is 248 g/mol. The number of aromatic nitrogens is 2. The molecule has 4 rings (SSSR count). The average molecular weight is 248 g/mol. The standard InChI is InChI=1S/C10H8N4O4/c15-13-8-7-5-1-2-6(3-5)10(7,14(16)17)4-11-9(8)12-18-13/h1-2,4-7H,3H2/t5-,6+,7+,10-/m0/s1. The van der Waals surface area contributed by atoms with Gasteiger partial charge in [-0.05, 0) is 17.2 Å². The van der Waals surface area contributed by atoms with Crippen LogP contribution in [0.1, 0.15) is 18.0 Å². The molecule has 0 amide bonds. The molecule has 2 bridgehead atoms. The fraction of sp³-hybridized carbons (Fsp3) is 0.500. The van der Waals surface area contributed by atoms with E-state index < -0.39 is 11.5 Å².